The van der Waals surface area contributed by atoms with E-state index in [-0.39, 0.29) is 6.04 Å². The highest BCUT2D eigenvalue weighted by molar-refractivity contribution is 5.56. The molecular formula is C17H18N4. The largest absolute Gasteiger partial charge is 0.399 e. The minimum absolute atomic E-state index is 0.0738. The second-order valence-electron chi connectivity index (χ2n) is 5.49. The summed E-state index contributed by atoms with van der Waals surface area (Å²) in [7, 11) is 0. The fourth-order valence-electron chi connectivity index (χ4n) is 2.74. The zero-order valence-electron chi connectivity index (χ0n) is 12.1. The minimum atomic E-state index is 0.0738. The zero-order valence-corrected chi connectivity index (χ0v) is 12.1. The molecule has 1 aliphatic rings. The number of nitriles is 1. The molecule has 2 aromatic rings. The van der Waals surface area contributed by atoms with Gasteiger partial charge in [-0.05, 0) is 55.5 Å². The number of anilines is 2. The zero-order chi connectivity index (χ0) is 14.8. The van der Waals surface area contributed by atoms with Gasteiger partial charge in [0, 0.05) is 17.4 Å². The van der Waals surface area contributed by atoms with Crippen molar-refractivity contribution >= 4 is 11.5 Å². The van der Waals surface area contributed by atoms with Crippen LogP contribution in [0.2, 0.25) is 0 Å². The first-order valence-electron chi connectivity index (χ1n) is 7.22. The van der Waals surface area contributed by atoms with Gasteiger partial charge in [0.05, 0.1) is 5.56 Å². The molecule has 0 bridgehead atoms. The molecule has 0 saturated heterocycles. The van der Waals surface area contributed by atoms with Crippen LogP contribution in [0, 0.1) is 11.3 Å². The van der Waals surface area contributed by atoms with Crippen molar-refractivity contribution in [2.75, 3.05) is 11.1 Å². The van der Waals surface area contributed by atoms with Crippen molar-refractivity contribution in [2.45, 2.75) is 32.2 Å². The summed E-state index contributed by atoms with van der Waals surface area (Å²) in [4.78, 5) is 4.65. The Bertz CT molecular complexity index is 698. The summed E-state index contributed by atoms with van der Waals surface area (Å²) in [5, 5.41) is 12.7. The Morgan fingerprint density at radius 3 is 2.76 bits per heavy atom. The molecule has 0 fully saturated rings. The van der Waals surface area contributed by atoms with E-state index in [2.05, 4.69) is 23.3 Å². The SMILES string of the molecule is CC(Nc1nc2c(cc1C#N)CCC2)c1ccc(N)cc1. The number of benzene rings is 1. The fourth-order valence-corrected chi connectivity index (χ4v) is 2.74. The molecule has 4 nitrogen and oxygen atoms in total. The second-order valence-corrected chi connectivity index (χ2v) is 5.49. The van der Waals surface area contributed by atoms with Crippen molar-refractivity contribution in [3.63, 3.8) is 0 Å². The average molecular weight is 278 g/mol. The topological polar surface area (TPSA) is 74.7 Å². The Kier molecular flexibility index (Phi) is 3.49. The molecule has 0 amide bonds. The van der Waals surface area contributed by atoms with Crippen molar-refractivity contribution < 1.29 is 0 Å². The maximum atomic E-state index is 9.32. The molecule has 106 valence electrons. The van der Waals surface area contributed by atoms with E-state index in [1.807, 2.05) is 30.3 Å². The van der Waals surface area contributed by atoms with Crippen LogP contribution < -0.4 is 11.1 Å². The van der Waals surface area contributed by atoms with E-state index in [0.717, 1.165) is 36.2 Å². The molecule has 4 heteroatoms. The van der Waals surface area contributed by atoms with Crippen LogP contribution in [0.15, 0.2) is 30.3 Å². The molecule has 0 saturated carbocycles. The molecular weight excluding hydrogens is 260 g/mol. The van der Waals surface area contributed by atoms with Crippen LogP contribution in [0.25, 0.3) is 0 Å². The number of nitrogen functional groups attached to an aromatic ring is 1. The standard InChI is InChI=1S/C17H18N4/c1-11(12-5-7-15(19)8-6-12)20-17-14(10-18)9-13-3-2-4-16(13)21-17/h5-9,11H,2-4,19H2,1H3,(H,20,21). The van der Waals surface area contributed by atoms with Crippen LogP contribution in [0.4, 0.5) is 11.5 Å². The van der Waals surface area contributed by atoms with Gasteiger partial charge in [-0.3, -0.25) is 0 Å². The number of nitrogens with two attached hydrogens (primary N) is 1. The number of nitrogens with zero attached hydrogens (tertiary/aromatic N) is 2. The first-order valence-corrected chi connectivity index (χ1v) is 7.22. The van der Waals surface area contributed by atoms with Crippen LogP contribution in [0.3, 0.4) is 0 Å². The number of pyridine rings is 1. The lowest BCUT2D eigenvalue weighted by Gasteiger charge is -2.17. The lowest BCUT2D eigenvalue weighted by Crippen LogP contribution is -2.10. The van der Waals surface area contributed by atoms with Gasteiger partial charge in [0.1, 0.15) is 11.9 Å². The number of aryl methyl sites for hydroxylation is 2. The number of rotatable bonds is 3. The van der Waals surface area contributed by atoms with Crippen molar-refractivity contribution in [1.82, 2.24) is 4.98 Å². The first kappa shape index (κ1) is 13.4. The Balaban J connectivity index is 1.87. The fraction of sp³-hybridized carbons (Fsp3) is 0.294. The van der Waals surface area contributed by atoms with Gasteiger partial charge in [-0.15, -0.1) is 0 Å². The van der Waals surface area contributed by atoms with Gasteiger partial charge in [0.2, 0.25) is 0 Å². The highest BCUT2D eigenvalue weighted by Crippen LogP contribution is 2.27. The number of aromatic nitrogens is 1. The van der Waals surface area contributed by atoms with E-state index in [9.17, 15) is 5.26 Å². The molecule has 0 aliphatic heterocycles. The van der Waals surface area contributed by atoms with Crippen molar-refractivity contribution in [3.05, 3.63) is 52.7 Å². The monoisotopic (exact) mass is 278 g/mol. The number of hydrogen-bond acceptors (Lipinski definition) is 4. The van der Waals surface area contributed by atoms with Crippen LogP contribution in [0.5, 0.6) is 0 Å². The van der Waals surface area contributed by atoms with E-state index in [0.29, 0.717) is 11.4 Å². The van der Waals surface area contributed by atoms with Gasteiger partial charge in [0.25, 0.3) is 0 Å². The maximum absolute atomic E-state index is 9.32. The van der Waals surface area contributed by atoms with E-state index < -0.39 is 0 Å². The van der Waals surface area contributed by atoms with E-state index in [1.165, 1.54) is 5.56 Å². The third-order valence-corrected chi connectivity index (χ3v) is 3.96. The first-order chi connectivity index (χ1) is 10.2. The van der Waals surface area contributed by atoms with Gasteiger partial charge >= 0.3 is 0 Å². The van der Waals surface area contributed by atoms with Crippen molar-refractivity contribution in [1.29, 1.82) is 5.26 Å². The van der Waals surface area contributed by atoms with Crippen molar-refractivity contribution in [3.8, 4) is 6.07 Å². The smallest absolute Gasteiger partial charge is 0.144 e. The summed E-state index contributed by atoms with van der Waals surface area (Å²) >= 11 is 0. The highest BCUT2D eigenvalue weighted by atomic mass is 15.0. The lowest BCUT2D eigenvalue weighted by molar-refractivity contribution is 0.865. The number of hydrogen-bond donors (Lipinski definition) is 2. The maximum Gasteiger partial charge on any atom is 0.144 e. The molecule has 0 spiro atoms. The van der Waals surface area contributed by atoms with Crippen LogP contribution in [-0.2, 0) is 12.8 Å². The Morgan fingerprint density at radius 1 is 1.29 bits per heavy atom. The highest BCUT2D eigenvalue weighted by Gasteiger charge is 2.17. The summed E-state index contributed by atoms with van der Waals surface area (Å²) in [6.45, 7) is 2.06. The molecule has 1 unspecified atom stereocenters. The minimum Gasteiger partial charge on any atom is -0.399 e. The van der Waals surface area contributed by atoms with Gasteiger partial charge in [0.15, 0.2) is 0 Å². The van der Waals surface area contributed by atoms with Gasteiger partial charge in [-0.2, -0.15) is 5.26 Å². The molecule has 1 aliphatic carbocycles. The Morgan fingerprint density at radius 2 is 2.05 bits per heavy atom. The van der Waals surface area contributed by atoms with Crippen LogP contribution >= 0.6 is 0 Å². The summed E-state index contributed by atoms with van der Waals surface area (Å²) in [6.07, 6.45) is 3.17. The van der Waals surface area contributed by atoms with Gasteiger partial charge in [-0.25, -0.2) is 4.98 Å². The Labute approximate surface area is 124 Å². The second kappa shape index (κ2) is 5.45. The predicted octanol–water partition coefficient (Wildman–Crippen LogP) is 3.20. The summed E-state index contributed by atoms with van der Waals surface area (Å²) in [6, 6.07) is 12.1. The molecule has 21 heavy (non-hydrogen) atoms. The third-order valence-electron chi connectivity index (χ3n) is 3.96. The van der Waals surface area contributed by atoms with E-state index in [1.54, 1.807) is 0 Å². The van der Waals surface area contributed by atoms with E-state index >= 15 is 0 Å². The van der Waals surface area contributed by atoms with Gasteiger partial charge < -0.3 is 11.1 Å². The summed E-state index contributed by atoms with van der Waals surface area (Å²) in [5.41, 5.74) is 10.5. The number of nitrogens with one attached hydrogen (secondary N) is 1. The molecule has 1 aromatic heterocycles. The third kappa shape index (κ3) is 2.68. The molecule has 1 atom stereocenters. The molecule has 3 N–H and O–H groups in total. The summed E-state index contributed by atoms with van der Waals surface area (Å²) < 4.78 is 0. The quantitative estimate of drug-likeness (QED) is 0.845. The molecule has 1 aromatic carbocycles. The average Bonchev–Trinajstić information content (AvgIpc) is 2.94. The van der Waals surface area contributed by atoms with Crippen molar-refractivity contribution in [2.24, 2.45) is 0 Å². The molecule has 3 rings (SSSR count). The van der Waals surface area contributed by atoms with E-state index in [4.69, 9.17) is 5.73 Å². The molecule has 0 radical (unpaired) electrons. The summed E-state index contributed by atoms with van der Waals surface area (Å²) in [5.74, 6) is 0.683. The number of fused-ring (bicyclic) bond motifs is 1. The normalized spacial score (nSPS) is 14.3. The Hall–Kier alpha value is -2.54. The van der Waals surface area contributed by atoms with Crippen LogP contribution in [-0.4, -0.2) is 4.98 Å². The predicted molar refractivity (Wildman–Crippen MR) is 83.9 cm³/mol. The lowest BCUT2D eigenvalue weighted by atomic mass is 10.1. The van der Waals surface area contributed by atoms with Crippen LogP contribution in [0.1, 0.15) is 41.8 Å². The molecule has 1 heterocycles. The van der Waals surface area contributed by atoms with Gasteiger partial charge in [-0.1, -0.05) is 12.1 Å².